The Kier molecular flexibility index (Phi) is 3.48. The molecule has 6 heteroatoms. The molecule has 1 heterocycles. The van der Waals surface area contributed by atoms with Crippen molar-refractivity contribution in [1.82, 2.24) is 0 Å². The smallest absolute Gasteiger partial charge is 0.268 e. The molecule has 0 bridgehead atoms. The van der Waals surface area contributed by atoms with Crippen molar-refractivity contribution in [2.45, 2.75) is 26.2 Å². The van der Waals surface area contributed by atoms with E-state index in [2.05, 4.69) is 20.8 Å². The van der Waals surface area contributed by atoms with Crippen LogP contribution in [-0.4, -0.2) is 16.7 Å². The molecule has 0 radical (unpaired) electrons. The monoisotopic (exact) mass is 324 g/mol. The van der Waals surface area contributed by atoms with Gasteiger partial charge in [0, 0.05) is 6.07 Å². The molecule has 0 fully saturated rings. The molecule has 6 nitrogen and oxygen atoms in total. The van der Waals surface area contributed by atoms with E-state index in [4.69, 9.17) is 0 Å². The molecule has 0 spiro atoms. The molecule has 0 aliphatic carbocycles. The van der Waals surface area contributed by atoms with Crippen LogP contribution in [0.4, 0.5) is 11.4 Å². The van der Waals surface area contributed by atoms with Crippen LogP contribution in [0.15, 0.2) is 42.5 Å². The maximum atomic E-state index is 12.6. The van der Waals surface area contributed by atoms with Crippen molar-refractivity contribution in [2.24, 2.45) is 0 Å². The van der Waals surface area contributed by atoms with Crippen molar-refractivity contribution >= 4 is 23.2 Å². The quantitative estimate of drug-likeness (QED) is 0.479. The van der Waals surface area contributed by atoms with Gasteiger partial charge in [0.25, 0.3) is 17.5 Å². The van der Waals surface area contributed by atoms with Crippen LogP contribution in [0.25, 0.3) is 0 Å². The number of benzene rings is 2. The third-order valence-electron chi connectivity index (χ3n) is 4.08. The van der Waals surface area contributed by atoms with Gasteiger partial charge in [0.05, 0.1) is 16.2 Å². The number of carbonyl (C=O) groups is 2. The molecule has 122 valence electrons. The first-order valence-electron chi connectivity index (χ1n) is 7.48. The number of nitrogens with zero attached hydrogens (tertiary/aromatic N) is 2. The lowest BCUT2D eigenvalue weighted by molar-refractivity contribution is -0.385. The van der Waals surface area contributed by atoms with Crippen LogP contribution in [0, 0.1) is 10.1 Å². The van der Waals surface area contributed by atoms with E-state index >= 15 is 0 Å². The highest BCUT2D eigenvalue weighted by Crippen LogP contribution is 2.34. The summed E-state index contributed by atoms with van der Waals surface area (Å²) in [4.78, 5) is 36.6. The Morgan fingerprint density at radius 2 is 1.58 bits per heavy atom. The molecule has 0 unspecified atom stereocenters. The highest BCUT2D eigenvalue weighted by atomic mass is 16.6. The van der Waals surface area contributed by atoms with Gasteiger partial charge in [-0.25, -0.2) is 4.90 Å². The third-order valence-corrected chi connectivity index (χ3v) is 4.08. The van der Waals surface area contributed by atoms with Gasteiger partial charge in [0.15, 0.2) is 0 Å². The minimum absolute atomic E-state index is 0.0562. The Hall–Kier alpha value is -3.02. The highest BCUT2D eigenvalue weighted by molar-refractivity contribution is 6.35. The zero-order valence-electron chi connectivity index (χ0n) is 13.6. The second kappa shape index (κ2) is 5.26. The number of rotatable bonds is 2. The predicted molar refractivity (Wildman–Crippen MR) is 89.4 cm³/mol. The summed E-state index contributed by atoms with van der Waals surface area (Å²) in [7, 11) is 0. The Morgan fingerprint density at radius 3 is 2.12 bits per heavy atom. The van der Waals surface area contributed by atoms with E-state index in [1.54, 1.807) is 12.1 Å². The summed E-state index contributed by atoms with van der Waals surface area (Å²) in [5.74, 6) is -1.20. The number of carbonyl (C=O) groups excluding carboxylic acids is 2. The predicted octanol–water partition coefficient (Wildman–Crippen LogP) is 3.69. The standard InChI is InChI=1S/C18H16N2O4/c1-18(2,3)11-7-9-12(10-8-11)19-16(21)13-5-4-6-14(20(23)24)15(13)17(19)22/h4-10H,1-3H3. The minimum atomic E-state index is -0.661. The van der Waals surface area contributed by atoms with E-state index in [1.807, 2.05) is 12.1 Å². The normalized spacial score (nSPS) is 14.0. The van der Waals surface area contributed by atoms with E-state index in [-0.39, 0.29) is 22.2 Å². The molecule has 0 aromatic heterocycles. The third kappa shape index (κ3) is 2.36. The Morgan fingerprint density at radius 1 is 0.958 bits per heavy atom. The summed E-state index contributed by atoms with van der Waals surface area (Å²) in [6, 6.07) is 11.2. The maximum Gasteiger partial charge on any atom is 0.283 e. The molecule has 24 heavy (non-hydrogen) atoms. The second-order valence-electron chi connectivity index (χ2n) is 6.70. The number of fused-ring (bicyclic) bond motifs is 1. The zero-order chi connectivity index (χ0) is 17.6. The molecule has 0 saturated carbocycles. The van der Waals surface area contributed by atoms with E-state index in [1.165, 1.54) is 18.2 Å². The van der Waals surface area contributed by atoms with Crippen molar-refractivity contribution in [2.75, 3.05) is 4.90 Å². The summed E-state index contributed by atoms with van der Waals surface area (Å²) >= 11 is 0. The lowest BCUT2D eigenvalue weighted by atomic mass is 9.87. The fourth-order valence-electron chi connectivity index (χ4n) is 2.76. The lowest BCUT2D eigenvalue weighted by Crippen LogP contribution is -2.29. The number of nitro groups is 1. The van der Waals surface area contributed by atoms with Gasteiger partial charge in [-0.1, -0.05) is 39.0 Å². The molecule has 1 aliphatic heterocycles. The maximum absolute atomic E-state index is 12.6. The molecule has 2 aromatic rings. The summed E-state index contributed by atoms with van der Waals surface area (Å²) in [5, 5.41) is 11.1. The Labute approximate surface area is 138 Å². The SMILES string of the molecule is CC(C)(C)c1ccc(N2C(=O)c3cccc([N+](=O)[O-])c3C2=O)cc1. The van der Waals surface area contributed by atoms with Crippen LogP contribution in [0.5, 0.6) is 0 Å². The molecular weight excluding hydrogens is 308 g/mol. The highest BCUT2D eigenvalue weighted by Gasteiger charge is 2.41. The Bertz CT molecular complexity index is 864. The van der Waals surface area contributed by atoms with E-state index in [0.717, 1.165) is 10.5 Å². The van der Waals surface area contributed by atoms with Gasteiger partial charge in [0.1, 0.15) is 5.56 Å². The fraction of sp³-hybridized carbons (Fsp3) is 0.222. The number of hydrogen-bond donors (Lipinski definition) is 0. The van der Waals surface area contributed by atoms with Crippen LogP contribution < -0.4 is 4.90 Å². The topological polar surface area (TPSA) is 80.5 Å². The van der Waals surface area contributed by atoms with Crippen LogP contribution in [0.2, 0.25) is 0 Å². The number of amides is 2. The van der Waals surface area contributed by atoms with Gasteiger partial charge >= 0.3 is 0 Å². The first kappa shape index (κ1) is 15.9. The molecule has 1 aliphatic rings. The molecule has 0 saturated heterocycles. The van der Waals surface area contributed by atoms with Crippen LogP contribution in [0.1, 0.15) is 47.1 Å². The molecule has 2 amide bonds. The number of imide groups is 1. The fourth-order valence-corrected chi connectivity index (χ4v) is 2.76. The minimum Gasteiger partial charge on any atom is -0.268 e. The van der Waals surface area contributed by atoms with Gasteiger partial charge in [-0.15, -0.1) is 0 Å². The average Bonchev–Trinajstić information content (AvgIpc) is 2.78. The number of anilines is 1. The number of hydrogen-bond acceptors (Lipinski definition) is 4. The Balaban J connectivity index is 2.06. The van der Waals surface area contributed by atoms with Gasteiger partial charge in [-0.3, -0.25) is 19.7 Å². The van der Waals surface area contributed by atoms with Crippen molar-refractivity contribution in [3.05, 3.63) is 69.3 Å². The summed E-state index contributed by atoms with van der Waals surface area (Å²) < 4.78 is 0. The molecule has 0 atom stereocenters. The summed E-state index contributed by atoms with van der Waals surface area (Å²) in [5.41, 5.74) is 0.984. The first-order chi connectivity index (χ1) is 11.2. The molecule has 3 rings (SSSR count). The lowest BCUT2D eigenvalue weighted by Gasteiger charge is -2.20. The average molecular weight is 324 g/mol. The summed E-state index contributed by atoms with van der Waals surface area (Å²) in [6.45, 7) is 6.19. The van der Waals surface area contributed by atoms with Gasteiger partial charge in [-0.05, 0) is 29.2 Å². The molecule has 2 aromatic carbocycles. The van der Waals surface area contributed by atoms with E-state index in [9.17, 15) is 19.7 Å². The van der Waals surface area contributed by atoms with Crippen LogP contribution in [-0.2, 0) is 5.41 Å². The van der Waals surface area contributed by atoms with Crippen LogP contribution in [0.3, 0.4) is 0 Å². The molecular formula is C18H16N2O4. The van der Waals surface area contributed by atoms with Crippen molar-refractivity contribution in [3.63, 3.8) is 0 Å². The van der Waals surface area contributed by atoms with E-state index < -0.39 is 16.7 Å². The first-order valence-corrected chi connectivity index (χ1v) is 7.48. The summed E-state index contributed by atoms with van der Waals surface area (Å²) in [6.07, 6.45) is 0. The largest absolute Gasteiger partial charge is 0.283 e. The molecule has 0 N–H and O–H groups in total. The van der Waals surface area contributed by atoms with Crippen molar-refractivity contribution < 1.29 is 14.5 Å². The second-order valence-corrected chi connectivity index (χ2v) is 6.70. The van der Waals surface area contributed by atoms with Crippen molar-refractivity contribution in [3.8, 4) is 0 Å². The zero-order valence-corrected chi connectivity index (χ0v) is 13.6. The van der Waals surface area contributed by atoms with E-state index in [0.29, 0.717) is 5.69 Å². The van der Waals surface area contributed by atoms with Crippen molar-refractivity contribution in [1.29, 1.82) is 0 Å². The van der Waals surface area contributed by atoms with Gasteiger partial charge in [-0.2, -0.15) is 0 Å². The number of nitro benzene ring substituents is 1. The van der Waals surface area contributed by atoms with Gasteiger partial charge < -0.3 is 0 Å². The van der Waals surface area contributed by atoms with Crippen LogP contribution >= 0.6 is 0 Å². The van der Waals surface area contributed by atoms with Gasteiger partial charge in [0.2, 0.25) is 0 Å².